The van der Waals surface area contributed by atoms with Gasteiger partial charge in [0.1, 0.15) is 12.4 Å². The fourth-order valence-electron chi connectivity index (χ4n) is 4.02. The van der Waals surface area contributed by atoms with Crippen LogP contribution in [0.4, 0.5) is 0 Å². The van der Waals surface area contributed by atoms with E-state index < -0.39 is 12.1 Å². The first-order valence-electron chi connectivity index (χ1n) is 9.62. The van der Waals surface area contributed by atoms with Gasteiger partial charge in [-0.25, -0.2) is 0 Å². The van der Waals surface area contributed by atoms with E-state index in [0.29, 0.717) is 25.9 Å². The van der Waals surface area contributed by atoms with Crippen LogP contribution >= 0.6 is 0 Å². The summed E-state index contributed by atoms with van der Waals surface area (Å²) in [6, 6.07) is 7.26. The van der Waals surface area contributed by atoms with E-state index in [1.54, 1.807) is 12.0 Å². The van der Waals surface area contributed by atoms with Crippen LogP contribution < -0.4 is 4.74 Å². The zero-order valence-corrected chi connectivity index (χ0v) is 15.5. The number of benzene rings is 1. The van der Waals surface area contributed by atoms with Crippen molar-refractivity contribution in [2.75, 3.05) is 26.8 Å². The predicted octanol–water partition coefficient (Wildman–Crippen LogP) is 1.11. The average Bonchev–Trinajstić information content (AvgIpc) is 3.53. The molecule has 2 saturated heterocycles. The number of piperidine rings is 1. The van der Waals surface area contributed by atoms with Gasteiger partial charge in [0.2, 0.25) is 5.91 Å². The first-order chi connectivity index (χ1) is 13.1. The lowest BCUT2D eigenvalue weighted by Gasteiger charge is -2.43. The minimum atomic E-state index is -0.716. The number of carbonyl (C=O) groups is 2. The van der Waals surface area contributed by atoms with Crippen LogP contribution in [-0.4, -0.2) is 71.8 Å². The molecule has 1 aromatic rings. The molecule has 4 rings (SSSR count). The third-order valence-electron chi connectivity index (χ3n) is 5.68. The minimum absolute atomic E-state index is 0.0589. The Bertz CT molecular complexity index is 695. The number of rotatable bonds is 4. The van der Waals surface area contributed by atoms with Crippen LogP contribution in [0.1, 0.15) is 37.3 Å². The summed E-state index contributed by atoms with van der Waals surface area (Å²) in [7, 11) is 1.61. The van der Waals surface area contributed by atoms with Crippen molar-refractivity contribution >= 4 is 11.8 Å². The van der Waals surface area contributed by atoms with E-state index in [1.807, 2.05) is 29.2 Å². The number of nitrogens with zero attached hydrogens (tertiary/aromatic N) is 2. The molecule has 0 bridgehead atoms. The fourth-order valence-corrected chi connectivity index (χ4v) is 4.02. The van der Waals surface area contributed by atoms with E-state index in [4.69, 9.17) is 9.47 Å². The fraction of sp³-hybridized carbons (Fsp3) is 0.600. The van der Waals surface area contributed by atoms with Crippen molar-refractivity contribution < 1.29 is 24.2 Å². The van der Waals surface area contributed by atoms with Gasteiger partial charge in [-0.15, -0.1) is 0 Å². The molecular weight excluding hydrogens is 348 g/mol. The quantitative estimate of drug-likeness (QED) is 0.854. The van der Waals surface area contributed by atoms with Gasteiger partial charge in [-0.2, -0.15) is 0 Å². The van der Waals surface area contributed by atoms with Gasteiger partial charge in [0.15, 0.2) is 6.10 Å². The number of hydrogen-bond donors (Lipinski definition) is 1. The molecule has 1 aromatic carbocycles. The molecule has 27 heavy (non-hydrogen) atoms. The molecule has 146 valence electrons. The summed E-state index contributed by atoms with van der Waals surface area (Å²) in [6.07, 6.45) is 2.04. The van der Waals surface area contributed by atoms with Crippen molar-refractivity contribution in [3.63, 3.8) is 0 Å². The molecule has 2 atom stereocenters. The van der Waals surface area contributed by atoms with Crippen molar-refractivity contribution in [1.29, 1.82) is 0 Å². The average molecular weight is 374 g/mol. The summed E-state index contributed by atoms with van der Waals surface area (Å²) < 4.78 is 11.0. The first kappa shape index (κ1) is 18.3. The zero-order chi connectivity index (χ0) is 19.0. The molecule has 1 saturated carbocycles. The Morgan fingerprint density at radius 1 is 1.15 bits per heavy atom. The van der Waals surface area contributed by atoms with Gasteiger partial charge in [-0.05, 0) is 43.4 Å². The highest BCUT2D eigenvalue weighted by Gasteiger charge is 2.48. The van der Waals surface area contributed by atoms with Crippen LogP contribution in [0, 0.1) is 0 Å². The van der Waals surface area contributed by atoms with E-state index in [0.717, 1.165) is 24.2 Å². The van der Waals surface area contributed by atoms with Crippen LogP contribution in [-0.2, 0) is 14.3 Å². The Hall–Kier alpha value is -2.12. The third kappa shape index (κ3) is 3.66. The zero-order valence-electron chi connectivity index (χ0n) is 15.5. The van der Waals surface area contributed by atoms with E-state index in [1.165, 1.54) is 0 Å². The number of hydrogen-bond acceptors (Lipinski definition) is 5. The largest absolute Gasteiger partial charge is 0.497 e. The second-order valence-electron chi connectivity index (χ2n) is 7.54. The number of aliphatic hydroxyl groups excluding tert-OH is 1. The molecule has 0 radical (unpaired) electrons. The van der Waals surface area contributed by atoms with Crippen molar-refractivity contribution in [3.05, 3.63) is 29.8 Å². The molecule has 0 aromatic heterocycles. The Balaban J connectivity index is 1.63. The summed E-state index contributed by atoms with van der Waals surface area (Å²) in [6.45, 7) is 0.981. The number of morpholine rings is 1. The van der Waals surface area contributed by atoms with Gasteiger partial charge in [0, 0.05) is 19.1 Å². The number of likely N-dealkylation sites (tertiary alicyclic amines) is 1. The maximum atomic E-state index is 13.2. The molecule has 1 aliphatic carbocycles. The maximum absolute atomic E-state index is 13.2. The molecule has 0 spiro atoms. The van der Waals surface area contributed by atoms with E-state index in [-0.39, 0.29) is 30.6 Å². The Labute approximate surface area is 158 Å². The monoisotopic (exact) mass is 374 g/mol. The molecule has 3 fully saturated rings. The number of carbonyl (C=O) groups excluding carboxylic acids is 2. The van der Waals surface area contributed by atoms with Crippen molar-refractivity contribution in [1.82, 2.24) is 9.80 Å². The standard InChI is InChI=1S/C20H26N2O5/c1-26-16-6-2-13(3-7-16)18-19(20(25)21-10-8-15(23)9-11-21)27-12-17(24)22(18)14-4-5-14/h2-3,6-7,14-15,18-19,23H,4-5,8-12H2,1H3/t18-,19+/m1/s1. The molecule has 2 amide bonds. The summed E-state index contributed by atoms with van der Waals surface area (Å²) in [5.74, 6) is 0.574. The van der Waals surface area contributed by atoms with Crippen molar-refractivity contribution in [2.24, 2.45) is 0 Å². The Kier molecular flexibility index (Phi) is 5.06. The SMILES string of the molecule is COc1ccc([C@@H]2[C@@H](C(=O)N3CCC(O)CC3)OCC(=O)N2C2CC2)cc1. The van der Waals surface area contributed by atoms with E-state index in [2.05, 4.69) is 0 Å². The van der Waals surface area contributed by atoms with Gasteiger partial charge >= 0.3 is 0 Å². The summed E-state index contributed by atoms with van der Waals surface area (Å²) in [5, 5.41) is 9.72. The predicted molar refractivity (Wildman–Crippen MR) is 97.2 cm³/mol. The van der Waals surface area contributed by atoms with Gasteiger partial charge in [0.25, 0.3) is 5.91 Å². The topological polar surface area (TPSA) is 79.3 Å². The first-order valence-corrected chi connectivity index (χ1v) is 9.62. The van der Waals surface area contributed by atoms with E-state index in [9.17, 15) is 14.7 Å². The molecule has 1 N–H and O–H groups in total. The number of amides is 2. The van der Waals surface area contributed by atoms with Gasteiger partial charge in [-0.3, -0.25) is 9.59 Å². The highest BCUT2D eigenvalue weighted by Crippen LogP contribution is 2.40. The van der Waals surface area contributed by atoms with Gasteiger partial charge in [0.05, 0.1) is 19.3 Å². The van der Waals surface area contributed by atoms with Crippen LogP contribution in [0.25, 0.3) is 0 Å². The minimum Gasteiger partial charge on any atom is -0.497 e. The van der Waals surface area contributed by atoms with Gasteiger partial charge in [-0.1, -0.05) is 12.1 Å². The Morgan fingerprint density at radius 3 is 2.41 bits per heavy atom. The van der Waals surface area contributed by atoms with E-state index >= 15 is 0 Å². The van der Waals surface area contributed by atoms with Crippen LogP contribution in [0.3, 0.4) is 0 Å². The molecule has 2 aliphatic heterocycles. The highest BCUT2D eigenvalue weighted by atomic mass is 16.5. The number of aliphatic hydroxyl groups is 1. The molecular formula is C20H26N2O5. The van der Waals surface area contributed by atoms with Crippen LogP contribution in [0.2, 0.25) is 0 Å². The highest BCUT2D eigenvalue weighted by molar-refractivity contribution is 5.87. The summed E-state index contributed by atoms with van der Waals surface area (Å²) >= 11 is 0. The van der Waals surface area contributed by atoms with Crippen molar-refractivity contribution in [3.8, 4) is 5.75 Å². The van der Waals surface area contributed by atoms with Crippen LogP contribution in [0.15, 0.2) is 24.3 Å². The van der Waals surface area contributed by atoms with Crippen molar-refractivity contribution in [2.45, 2.75) is 50.0 Å². The normalized spacial score (nSPS) is 27.0. The molecule has 7 heteroatoms. The lowest BCUT2D eigenvalue weighted by Crippen LogP contribution is -2.56. The lowest BCUT2D eigenvalue weighted by molar-refractivity contribution is -0.171. The second kappa shape index (κ2) is 7.48. The lowest BCUT2D eigenvalue weighted by atomic mass is 9.95. The number of ether oxygens (including phenoxy) is 2. The molecule has 3 aliphatic rings. The van der Waals surface area contributed by atoms with Crippen LogP contribution in [0.5, 0.6) is 5.75 Å². The molecule has 0 unspecified atom stereocenters. The summed E-state index contributed by atoms with van der Waals surface area (Å²) in [5.41, 5.74) is 0.881. The molecule has 2 heterocycles. The third-order valence-corrected chi connectivity index (χ3v) is 5.68. The number of methoxy groups -OCH3 is 1. The maximum Gasteiger partial charge on any atom is 0.254 e. The molecule has 7 nitrogen and oxygen atoms in total. The Morgan fingerprint density at radius 2 is 1.81 bits per heavy atom. The smallest absolute Gasteiger partial charge is 0.254 e. The van der Waals surface area contributed by atoms with Gasteiger partial charge < -0.3 is 24.4 Å². The second-order valence-corrected chi connectivity index (χ2v) is 7.54. The summed E-state index contributed by atoms with van der Waals surface area (Å²) in [4.78, 5) is 29.4.